The van der Waals surface area contributed by atoms with Crippen LogP contribution in [0.25, 0.3) is 17.0 Å². The zero-order valence-electron chi connectivity index (χ0n) is 26.5. The number of amides is 3. The first-order valence-corrected chi connectivity index (χ1v) is 16.4. The minimum atomic E-state index is -0.557. The molecule has 0 radical (unpaired) electrons. The quantitative estimate of drug-likeness (QED) is 0.0880. The van der Waals surface area contributed by atoms with E-state index in [0.29, 0.717) is 11.3 Å². The smallest absolute Gasteiger partial charge is 0.272 e. The van der Waals surface area contributed by atoms with Gasteiger partial charge in [-0.3, -0.25) is 14.4 Å². The predicted octanol–water partition coefficient (Wildman–Crippen LogP) is 8.67. The average molecular weight is 651 g/mol. The number of benzene rings is 5. The highest BCUT2D eigenvalue weighted by molar-refractivity contribution is 8.00. The van der Waals surface area contributed by atoms with Gasteiger partial charge in [0, 0.05) is 44.5 Å². The monoisotopic (exact) mass is 650 g/mol. The SMILES string of the molecule is Cc1cccc(C)c1NC(=O)C(Sc1cccc(NC(=O)/C(=C/c2c[nH]c3ccccc23)NC(=O)c2ccccc2)c1)c1ccccc1. The number of aromatic amines is 1. The lowest BCUT2D eigenvalue weighted by Gasteiger charge is -2.19. The molecule has 6 rings (SSSR count). The summed E-state index contributed by atoms with van der Waals surface area (Å²) >= 11 is 1.39. The van der Waals surface area contributed by atoms with Crippen LogP contribution < -0.4 is 16.0 Å². The number of aryl methyl sites for hydroxylation is 2. The number of rotatable bonds is 10. The fraction of sp³-hybridized carbons (Fsp3) is 0.0750. The van der Waals surface area contributed by atoms with Crippen LogP contribution in [0.2, 0.25) is 0 Å². The Hall–Kier alpha value is -5.86. The Balaban J connectivity index is 1.26. The molecule has 1 aromatic heterocycles. The summed E-state index contributed by atoms with van der Waals surface area (Å²) < 4.78 is 0. The summed E-state index contributed by atoms with van der Waals surface area (Å²) in [6.07, 6.45) is 3.47. The first-order chi connectivity index (χ1) is 23.4. The fourth-order valence-corrected chi connectivity index (χ4v) is 6.48. The molecular weight excluding hydrogens is 617 g/mol. The van der Waals surface area contributed by atoms with Gasteiger partial charge in [-0.1, -0.05) is 91.0 Å². The number of para-hydroxylation sites is 2. The van der Waals surface area contributed by atoms with Crippen LogP contribution in [0.15, 0.2) is 144 Å². The van der Waals surface area contributed by atoms with Gasteiger partial charge in [0.15, 0.2) is 0 Å². The molecule has 1 heterocycles. The number of hydrogen-bond acceptors (Lipinski definition) is 4. The molecule has 1 unspecified atom stereocenters. The Labute approximate surface area is 283 Å². The Morgan fingerprint density at radius 1 is 0.729 bits per heavy atom. The molecule has 8 heteroatoms. The van der Waals surface area contributed by atoms with Crippen molar-refractivity contribution in [3.05, 3.63) is 167 Å². The molecule has 0 saturated heterocycles. The molecule has 0 aliphatic heterocycles. The van der Waals surface area contributed by atoms with Crippen LogP contribution >= 0.6 is 11.8 Å². The summed E-state index contributed by atoms with van der Waals surface area (Å²) in [5.41, 5.74) is 6.34. The van der Waals surface area contributed by atoms with Crippen molar-refractivity contribution in [2.24, 2.45) is 0 Å². The van der Waals surface area contributed by atoms with Crippen molar-refractivity contribution in [1.82, 2.24) is 10.3 Å². The molecular formula is C40H34N4O3S. The molecule has 0 aliphatic rings. The molecule has 5 aromatic carbocycles. The highest BCUT2D eigenvalue weighted by Gasteiger charge is 2.24. The van der Waals surface area contributed by atoms with E-state index in [1.54, 1.807) is 42.6 Å². The van der Waals surface area contributed by atoms with E-state index in [0.717, 1.165) is 43.7 Å². The lowest BCUT2D eigenvalue weighted by atomic mass is 10.1. The Morgan fingerprint density at radius 2 is 1.40 bits per heavy atom. The van der Waals surface area contributed by atoms with Gasteiger partial charge in [-0.15, -0.1) is 11.8 Å². The largest absolute Gasteiger partial charge is 0.361 e. The van der Waals surface area contributed by atoms with Gasteiger partial charge >= 0.3 is 0 Å². The van der Waals surface area contributed by atoms with Gasteiger partial charge in [-0.2, -0.15) is 0 Å². The van der Waals surface area contributed by atoms with E-state index in [9.17, 15) is 14.4 Å². The Morgan fingerprint density at radius 3 is 2.15 bits per heavy atom. The number of fused-ring (bicyclic) bond motifs is 1. The number of anilines is 2. The van der Waals surface area contributed by atoms with Crippen LogP contribution in [0, 0.1) is 13.8 Å². The number of carbonyl (C=O) groups excluding carboxylic acids is 3. The Bertz CT molecular complexity index is 2100. The van der Waals surface area contributed by atoms with Crippen molar-refractivity contribution < 1.29 is 14.4 Å². The maximum atomic E-state index is 13.8. The average Bonchev–Trinajstić information content (AvgIpc) is 3.52. The number of nitrogens with one attached hydrogen (secondary N) is 4. The molecule has 6 aromatic rings. The van der Waals surface area contributed by atoms with E-state index in [1.165, 1.54) is 11.8 Å². The standard InChI is InChI=1S/C40H34N4O3S/c1-26-13-11-14-27(2)36(26)44-40(47)37(28-15-5-3-6-16-28)48-32-20-12-19-31(24-32)42-39(46)35(43-38(45)29-17-7-4-8-18-29)23-30-25-41-34-22-10-9-21-33(30)34/h3-25,37,41H,1-2H3,(H,42,46)(H,43,45)(H,44,47)/b35-23-. The zero-order chi connectivity index (χ0) is 33.5. The molecule has 0 fully saturated rings. The van der Waals surface area contributed by atoms with Crippen molar-refractivity contribution >= 4 is 57.8 Å². The molecule has 0 spiro atoms. The van der Waals surface area contributed by atoms with Gasteiger partial charge < -0.3 is 20.9 Å². The van der Waals surface area contributed by atoms with E-state index >= 15 is 0 Å². The Kier molecular flexibility index (Phi) is 9.83. The molecule has 4 N–H and O–H groups in total. The molecule has 7 nitrogen and oxygen atoms in total. The maximum Gasteiger partial charge on any atom is 0.272 e. The van der Waals surface area contributed by atoms with E-state index < -0.39 is 17.1 Å². The van der Waals surface area contributed by atoms with Crippen molar-refractivity contribution in [3.63, 3.8) is 0 Å². The van der Waals surface area contributed by atoms with Gasteiger partial charge in [-0.05, 0) is 73.0 Å². The van der Waals surface area contributed by atoms with Crippen LogP contribution in [0.5, 0.6) is 0 Å². The summed E-state index contributed by atoms with van der Waals surface area (Å²) in [6, 6.07) is 39.4. The molecule has 48 heavy (non-hydrogen) atoms. The second kappa shape index (κ2) is 14.7. The van der Waals surface area contributed by atoms with Crippen LogP contribution in [0.4, 0.5) is 11.4 Å². The van der Waals surface area contributed by atoms with E-state index in [4.69, 9.17) is 0 Å². The minimum Gasteiger partial charge on any atom is -0.361 e. The highest BCUT2D eigenvalue weighted by Crippen LogP contribution is 2.38. The summed E-state index contributed by atoms with van der Waals surface area (Å²) in [4.78, 5) is 44.8. The van der Waals surface area contributed by atoms with Crippen LogP contribution in [-0.2, 0) is 9.59 Å². The summed E-state index contributed by atoms with van der Waals surface area (Å²) in [7, 11) is 0. The summed E-state index contributed by atoms with van der Waals surface area (Å²) in [6.45, 7) is 3.95. The zero-order valence-corrected chi connectivity index (χ0v) is 27.3. The predicted molar refractivity (Wildman–Crippen MR) is 195 cm³/mol. The normalized spacial score (nSPS) is 11.9. The van der Waals surface area contributed by atoms with Crippen LogP contribution in [0.3, 0.4) is 0 Å². The molecule has 0 bridgehead atoms. The van der Waals surface area contributed by atoms with Gasteiger partial charge in [0.1, 0.15) is 10.9 Å². The van der Waals surface area contributed by atoms with Crippen LogP contribution in [-0.4, -0.2) is 22.7 Å². The molecule has 238 valence electrons. The van der Waals surface area contributed by atoms with Crippen molar-refractivity contribution in [2.45, 2.75) is 24.0 Å². The number of aromatic nitrogens is 1. The van der Waals surface area contributed by atoms with Crippen molar-refractivity contribution in [3.8, 4) is 0 Å². The fourth-order valence-electron chi connectivity index (χ4n) is 5.39. The number of thioether (sulfide) groups is 1. The third-order valence-corrected chi connectivity index (χ3v) is 9.11. The number of carbonyl (C=O) groups is 3. The number of hydrogen-bond donors (Lipinski definition) is 4. The van der Waals surface area contributed by atoms with Crippen molar-refractivity contribution in [2.75, 3.05) is 10.6 Å². The number of H-pyrrole nitrogens is 1. The summed E-state index contributed by atoms with van der Waals surface area (Å²) in [5, 5.41) is 9.27. The first kappa shape index (κ1) is 32.1. The topological polar surface area (TPSA) is 103 Å². The first-order valence-electron chi connectivity index (χ1n) is 15.5. The highest BCUT2D eigenvalue weighted by atomic mass is 32.2. The van der Waals surface area contributed by atoms with E-state index in [1.807, 2.05) is 111 Å². The minimum absolute atomic E-state index is 0.0850. The summed E-state index contributed by atoms with van der Waals surface area (Å²) in [5.74, 6) is -1.04. The molecule has 1 atom stereocenters. The van der Waals surface area contributed by atoms with Gasteiger partial charge in [0.25, 0.3) is 11.8 Å². The van der Waals surface area contributed by atoms with Gasteiger partial charge in [0.05, 0.1) is 0 Å². The maximum absolute atomic E-state index is 13.8. The second-order valence-corrected chi connectivity index (χ2v) is 12.5. The van der Waals surface area contributed by atoms with E-state index in [-0.39, 0.29) is 11.6 Å². The lowest BCUT2D eigenvalue weighted by molar-refractivity contribution is -0.116. The third kappa shape index (κ3) is 7.57. The third-order valence-electron chi connectivity index (χ3n) is 7.87. The van der Waals surface area contributed by atoms with Crippen LogP contribution in [0.1, 0.15) is 37.9 Å². The van der Waals surface area contributed by atoms with E-state index in [2.05, 4.69) is 20.9 Å². The second-order valence-electron chi connectivity index (χ2n) is 11.3. The van der Waals surface area contributed by atoms with Crippen molar-refractivity contribution in [1.29, 1.82) is 0 Å². The molecule has 3 amide bonds. The lowest BCUT2D eigenvalue weighted by Crippen LogP contribution is -2.30. The van der Waals surface area contributed by atoms with Gasteiger partial charge in [0.2, 0.25) is 5.91 Å². The van der Waals surface area contributed by atoms with Gasteiger partial charge in [-0.25, -0.2) is 0 Å². The molecule has 0 saturated carbocycles. The molecule has 0 aliphatic carbocycles.